The molecule has 0 aliphatic heterocycles. The van der Waals surface area contributed by atoms with Gasteiger partial charge >= 0.3 is 0 Å². The number of carbonyl (C=O) groups is 1. The van der Waals surface area contributed by atoms with Crippen LogP contribution in [0.3, 0.4) is 0 Å². The number of ether oxygens (including phenoxy) is 1. The summed E-state index contributed by atoms with van der Waals surface area (Å²) in [6.45, 7) is 0. The molecule has 0 heterocycles. The predicted molar refractivity (Wildman–Crippen MR) is 89.8 cm³/mol. The normalized spacial score (nSPS) is 10.6. The molecule has 21 heavy (non-hydrogen) atoms. The first-order valence-electron chi connectivity index (χ1n) is 6.16. The number of hydrogen-bond acceptors (Lipinski definition) is 2. The molecule has 0 aliphatic carbocycles. The van der Waals surface area contributed by atoms with Crippen LogP contribution in [0, 0.1) is 0 Å². The van der Waals surface area contributed by atoms with Crippen LogP contribution in [0.1, 0.15) is 5.56 Å². The second kappa shape index (κ2) is 7.29. The Balaban J connectivity index is 2.01. The highest BCUT2D eigenvalue weighted by atomic mass is 79.9. The maximum atomic E-state index is 11.8. The average Bonchev–Trinajstić information content (AvgIpc) is 2.47. The highest BCUT2D eigenvalue weighted by Crippen LogP contribution is 2.27. The van der Waals surface area contributed by atoms with Crippen LogP contribution in [0.25, 0.3) is 6.08 Å². The first-order valence-corrected chi connectivity index (χ1v) is 7.34. The van der Waals surface area contributed by atoms with Crippen LogP contribution >= 0.6 is 27.5 Å². The lowest BCUT2D eigenvalue weighted by atomic mass is 10.2. The van der Waals surface area contributed by atoms with Gasteiger partial charge in [0.15, 0.2) is 0 Å². The Hall–Kier alpha value is -1.78. The van der Waals surface area contributed by atoms with E-state index in [-0.39, 0.29) is 5.91 Å². The highest BCUT2D eigenvalue weighted by Gasteiger charge is 2.03. The van der Waals surface area contributed by atoms with Crippen LogP contribution in [-0.2, 0) is 4.79 Å². The van der Waals surface area contributed by atoms with Crippen LogP contribution < -0.4 is 10.1 Å². The fourth-order valence-corrected chi connectivity index (χ4v) is 2.34. The van der Waals surface area contributed by atoms with E-state index in [0.717, 1.165) is 10.0 Å². The van der Waals surface area contributed by atoms with Crippen molar-refractivity contribution in [2.45, 2.75) is 0 Å². The monoisotopic (exact) mass is 365 g/mol. The van der Waals surface area contributed by atoms with Crippen molar-refractivity contribution in [3.05, 3.63) is 63.6 Å². The van der Waals surface area contributed by atoms with Gasteiger partial charge in [-0.2, -0.15) is 0 Å². The van der Waals surface area contributed by atoms with Gasteiger partial charge in [0.05, 0.1) is 11.6 Å². The number of amides is 1. The third kappa shape index (κ3) is 4.62. The van der Waals surface area contributed by atoms with Gasteiger partial charge < -0.3 is 10.1 Å². The standard InChI is InChI=1S/C16H13BrClNO2/c1-21-15-8-7-13(10-14(15)17)19-16(20)9-4-11-2-5-12(18)6-3-11/h2-10H,1H3,(H,19,20). The lowest BCUT2D eigenvalue weighted by Crippen LogP contribution is -2.07. The Morgan fingerprint density at radius 3 is 2.57 bits per heavy atom. The molecule has 3 nitrogen and oxygen atoms in total. The summed E-state index contributed by atoms with van der Waals surface area (Å²) >= 11 is 9.18. The number of anilines is 1. The summed E-state index contributed by atoms with van der Waals surface area (Å²) in [4.78, 5) is 11.8. The van der Waals surface area contributed by atoms with Crippen molar-refractivity contribution in [1.82, 2.24) is 0 Å². The Labute approximate surface area is 136 Å². The molecule has 2 rings (SSSR count). The molecule has 0 saturated heterocycles. The molecule has 108 valence electrons. The summed E-state index contributed by atoms with van der Waals surface area (Å²) in [5.74, 6) is 0.506. The first kappa shape index (κ1) is 15.6. The van der Waals surface area contributed by atoms with Crippen molar-refractivity contribution in [2.24, 2.45) is 0 Å². The summed E-state index contributed by atoms with van der Waals surface area (Å²) in [5.41, 5.74) is 1.60. The third-order valence-electron chi connectivity index (χ3n) is 2.72. The van der Waals surface area contributed by atoms with Crippen LogP contribution in [0.4, 0.5) is 5.69 Å². The molecular formula is C16H13BrClNO2. The highest BCUT2D eigenvalue weighted by molar-refractivity contribution is 9.10. The van der Waals surface area contributed by atoms with Crippen LogP contribution in [0.5, 0.6) is 5.75 Å². The smallest absolute Gasteiger partial charge is 0.248 e. The van der Waals surface area contributed by atoms with Crippen LogP contribution in [-0.4, -0.2) is 13.0 Å². The van der Waals surface area contributed by atoms with Crippen molar-refractivity contribution in [3.63, 3.8) is 0 Å². The van der Waals surface area contributed by atoms with Crippen molar-refractivity contribution < 1.29 is 9.53 Å². The lowest BCUT2D eigenvalue weighted by molar-refractivity contribution is -0.111. The number of halogens is 2. The Morgan fingerprint density at radius 2 is 1.95 bits per heavy atom. The number of benzene rings is 2. The first-order chi connectivity index (χ1) is 10.1. The maximum Gasteiger partial charge on any atom is 0.248 e. The van der Waals surface area contributed by atoms with Gasteiger partial charge in [-0.15, -0.1) is 0 Å². The molecule has 0 radical (unpaired) electrons. The second-order valence-corrected chi connectivity index (χ2v) is 5.51. The summed E-state index contributed by atoms with van der Waals surface area (Å²) in [5, 5.41) is 3.44. The molecule has 0 spiro atoms. The zero-order valence-electron chi connectivity index (χ0n) is 11.3. The Bertz CT molecular complexity index is 668. The van der Waals surface area contributed by atoms with Crippen molar-refractivity contribution in [1.29, 1.82) is 0 Å². The molecule has 0 bridgehead atoms. The number of methoxy groups -OCH3 is 1. The zero-order valence-corrected chi connectivity index (χ0v) is 13.6. The molecule has 0 aromatic heterocycles. The second-order valence-electron chi connectivity index (χ2n) is 4.22. The summed E-state index contributed by atoms with van der Waals surface area (Å²) in [6.07, 6.45) is 3.20. The quantitative estimate of drug-likeness (QED) is 0.792. The van der Waals surface area contributed by atoms with Gasteiger partial charge in [-0.1, -0.05) is 23.7 Å². The SMILES string of the molecule is COc1ccc(NC(=O)C=Cc2ccc(Cl)cc2)cc1Br. The molecule has 2 aromatic rings. The summed E-state index contributed by atoms with van der Waals surface area (Å²) < 4.78 is 5.92. The van der Waals surface area contributed by atoms with Gasteiger partial charge in [-0.05, 0) is 57.9 Å². The lowest BCUT2D eigenvalue weighted by Gasteiger charge is -2.06. The molecule has 0 unspecified atom stereocenters. The zero-order chi connectivity index (χ0) is 15.2. The molecule has 0 aliphatic rings. The van der Waals surface area contributed by atoms with Crippen molar-refractivity contribution >= 4 is 45.2 Å². The minimum absolute atomic E-state index is 0.206. The summed E-state index contributed by atoms with van der Waals surface area (Å²) in [7, 11) is 1.59. The largest absolute Gasteiger partial charge is 0.496 e. The Kier molecular flexibility index (Phi) is 5.42. The van der Waals surface area contributed by atoms with E-state index in [4.69, 9.17) is 16.3 Å². The topological polar surface area (TPSA) is 38.3 Å². The van der Waals surface area contributed by atoms with E-state index < -0.39 is 0 Å². The van der Waals surface area contributed by atoms with E-state index >= 15 is 0 Å². The molecule has 0 atom stereocenters. The number of hydrogen-bond donors (Lipinski definition) is 1. The van der Waals surface area contributed by atoms with E-state index in [1.807, 2.05) is 12.1 Å². The van der Waals surface area contributed by atoms with Gasteiger partial charge in [0.25, 0.3) is 0 Å². The minimum Gasteiger partial charge on any atom is -0.496 e. The van der Waals surface area contributed by atoms with E-state index in [2.05, 4.69) is 21.2 Å². The number of rotatable bonds is 4. The Morgan fingerprint density at radius 1 is 1.24 bits per heavy atom. The van der Waals surface area contributed by atoms with Crippen molar-refractivity contribution in [2.75, 3.05) is 12.4 Å². The molecule has 2 aromatic carbocycles. The van der Waals surface area contributed by atoms with Crippen LogP contribution in [0.2, 0.25) is 5.02 Å². The molecule has 0 fully saturated rings. The van der Waals surface area contributed by atoms with Crippen molar-refractivity contribution in [3.8, 4) is 5.75 Å². The van der Waals surface area contributed by atoms with E-state index in [9.17, 15) is 4.79 Å². The predicted octanol–water partition coefficient (Wildman–Crippen LogP) is 4.76. The molecule has 5 heteroatoms. The van der Waals surface area contributed by atoms with E-state index in [1.165, 1.54) is 6.08 Å². The number of carbonyl (C=O) groups excluding carboxylic acids is 1. The van der Waals surface area contributed by atoms with Gasteiger partial charge in [0.1, 0.15) is 5.75 Å². The fraction of sp³-hybridized carbons (Fsp3) is 0.0625. The summed E-state index contributed by atoms with van der Waals surface area (Å²) in [6, 6.07) is 12.6. The average molecular weight is 367 g/mol. The van der Waals surface area contributed by atoms with Crippen LogP contribution in [0.15, 0.2) is 53.0 Å². The van der Waals surface area contributed by atoms with Gasteiger partial charge in [0.2, 0.25) is 5.91 Å². The van der Waals surface area contributed by atoms with Gasteiger partial charge in [-0.25, -0.2) is 0 Å². The molecule has 0 saturated carbocycles. The molecular weight excluding hydrogens is 354 g/mol. The van der Waals surface area contributed by atoms with E-state index in [0.29, 0.717) is 16.5 Å². The molecule has 1 N–H and O–H groups in total. The maximum absolute atomic E-state index is 11.8. The number of nitrogens with one attached hydrogen (secondary N) is 1. The fourth-order valence-electron chi connectivity index (χ4n) is 1.67. The van der Waals surface area contributed by atoms with Gasteiger partial charge in [-0.3, -0.25) is 4.79 Å². The minimum atomic E-state index is -0.206. The van der Waals surface area contributed by atoms with E-state index in [1.54, 1.807) is 43.5 Å². The molecule has 1 amide bonds. The third-order valence-corrected chi connectivity index (χ3v) is 3.59. The van der Waals surface area contributed by atoms with Gasteiger partial charge in [0, 0.05) is 16.8 Å².